The fourth-order valence-corrected chi connectivity index (χ4v) is 2.34. The summed E-state index contributed by atoms with van der Waals surface area (Å²) in [6, 6.07) is 2.21. The smallest absolute Gasteiger partial charge is 0.302 e. The molecule has 5 nitrogen and oxygen atoms in total. The highest BCUT2D eigenvalue weighted by molar-refractivity contribution is 6.32. The molecule has 0 amide bonds. The second-order valence-electron chi connectivity index (χ2n) is 4.87. The Bertz CT molecular complexity index is 1020. The summed E-state index contributed by atoms with van der Waals surface area (Å²) in [5.41, 5.74) is -2.78. The van der Waals surface area contributed by atoms with E-state index in [1.165, 1.54) is 0 Å². The molecule has 0 aliphatic rings. The van der Waals surface area contributed by atoms with Crippen molar-refractivity contribution in [3.8, 4) is 5.69 Å². The Morgan fingerprint density at radius 2 is 1.76 bits per heavy atom. The molecule has 1 N–H and O–H groups in total. The van der Waals surface area contributed by atoms with Gasteiger partial charge in [0.2, 0.25) is 5.82 Å². The molecule has 12 heteroatoms. The highest BCUT2D eigenvalue weighted by Gasteiger charge is 2.35. The van der Waals surface area contributed by atoms with E-state index >= 15 is 0 Å². The van der Waals surface area contributed by atoms with Crippen LogP contribution in [-0.2, 0) is 12.4 Å². The predicted octanol–water partition coefficient (Wildman–Crippen LogP) is 3.80. The number of nitrogens with zero attached hydrogens (tertiary/aromatic N) is 3. The molecule has 0 unspecified atom stereocenters. The Hall–Kier alpha value is -2.56. The average Bonchev–Trinajstić information content (AvgIpc) is 2.89. The number of hydrogen-bond donors (Lipinski definition) is 1. The number of rotatable bonds is 1. The maximum atomic E-state index is 12.8. The van der Waals surface area contributed by atoms with Gasteiger partial charge in [-0.2, -0.15) is 31.4 Å². The molecule has 132 valence electrons. The molecule has 1 aromatic carbocycles. The number of halogens is 7. The molecule has 3 rings (SSSR count). The van der Waals surface area contributed by atoms with Crippen LogP contribution >= 0.6 is 11.6 Å². The van der Waals surface area contributed by atoms with Gasteiger partial charge < -0.3 is 4.98 Å². The third kappa shape index (κ3) is 3.06. The monoisotopic (exact) mass is 382 g/mol. The van der Waals surface area contributed by atoms with E-state index in [1.54, 1.807) is 4.98 Å². The van der Waals surface area contributed by atoms with E-state index in [0.29, 0.717) is 12.1 Å². The van der Waals surface area contributed by atoms with E-state index in [0.717, 1.165) is 16.9 Å². The van der Waals surface area contributed by atoms with Crippen LogP contribution in [0.4, 0.5) is 26.3 Å². The number of H-pyrrole nitrogens is 1. The Morgan fingerprint density at radius 3 is 2.32 bits per heavy atom. The molecule has 0 bridgehead atoms. The SMILES string of the molecule is O=c1[nH]c(C(F)(F)F)nc2c1cnn2-c1ccc(C(F)(F)F)cc1Cl. The van der Waals surface area contributed by atoms with Gasteiger partial charge in [0.25, 0.3) is 5.56 Å². The predicted molar refractivity (Wildman–Crippen MR) is 74.5 cm³/mol. The van der Waals surface area contributed by atoms with Gasteiger partial charge in [0.15, 0.2) is 5.65 Å². The normalized spacial score (nSPS) is 12.8. The summed E-state index contributed by atoms with van der Waals surface area (Å²) >= 11 is 5.80. The van der Waals surface area contributed by atoms with Crippen LogP contribution in [0.3, 0.4) is 0 Å². The Kier molecular flexibility index (Phi) is 3.78. The number of fused-ring (bicyclic) bond motifs is 1. The van der Waals surface area contributed by atoms with Crippen LogP contribution in [-0.4, -0.2) is 19.7 Å². The Balaban J connectivity index is 2.23. The number of alkyl halides is 6. The number of nitrogens with one attached hydrogen (secondary N) is 1. The Labute approximate surface area is 138 Å². The van der Waals surface area contributed by atoms with Gasteiger partial charge in [-0.05, 0) is 18.2 Å². The first-order valence-electron chi connectivity index (χ1n) is 6.41. The lowest BCUT2D eigenvalue weighted by Gasteiger charge is -2.11. The maximum absolute atomic E-state index is 12.8. The molecule has 3 aromatic rings. The van der Waals surface area contributed by atoms with Crippen molar-refractivity contribution in [2.75, 3.05) is 0 Å². The van der Waals surface area contributed by atoms with Crippen molar-refractivity contribution in [2.24, 2.45) is 0 Å². The van der Waals surface area contributed by atoms with E-state index in [-0.39, 0.29) is 11.1 Å². The Morgan fingerprint density at radius 1 is 1.08 bits per heavy atom. The van der Waals surface area contributed by atoms with Crippen molar-refractivity contribution in [3.63, 3.8) is 0 Å². The first-order chi connectivity index (χ1) is 11.5. The van der Waals surface area contributed by atoms with Crippen LogP contribution < -0.4 is 5.56 Å². The summed E-state index contributed by atoms with van der Waals surface area (Å²) in [7, 11) is 0. The van der Waals surface area contributed by atoms with Gasteiger partial charge in [0.05, 0.1) is 22.5 Å². The zero-order valence-corrected chi connectivity index (χ0v) is 12.5. The minimum Gasteiger partial charge on any atom is -0.302 e. The van der Waals surface area contributed by atoms with Gasteiger partial charge in [-0.15, -0.1) is 0 Å². The highest BCUT2D eigenvalue weighted by Crippen LogP contribution is 2.34. The van der Waals surface area contributed by atoms with Crippen LogP contribution in [0.5, 0.6) is 0 Å². The molecule has 0 aliphatic carbocycles. The van der Waals surface area contributed by atoms with Crippen LogP contribution in [0.25, 0.3) is 16.7 Å². The van der Waals surface area contributed by atoms with Crippen molar-refractivity contribution in [1.82, 2.24) is 19.7 Å². The molecule has 0 fully saturated rings. The van der Waals surface area contributed by atoms with Gasteiger partial charge in [-0.25, -0.2) is 9.67 Å². The van der Waals surface area contributed by atoms with Crippen molar-refractivity contribution < 1.29 is 26.3 Å². The van der Waals surface area contributed by atoms with Crippen molar-refractivity contribution in [2.45, 2.75) is 12.4 Å². The lowest BCUT2D eigenvalue weighted by Crippen LogP contribution is -2.19. The van der Waals surface area contributed by atoms with Crippen molar-refractivity contribution in [1.29, 1.82) is 0 Å². The summed E-state index contributed by atoms with van der Waals surface area (Å²) in [4.78, 5) is 16.6. The highest BCUT2D eigenvalue weighted by atomic mass is 35.5. The summed E-state index contributed by atoms with van der Waals surface area (Å²) < 4.78 is 77.1. The number of benzene rings is 1. The van der Waals surface area contributed by atoms with Gasteiger partial charge in [0, 0.05) is 0 Å². The third-order valence-corrected chi connectivity index (χ3v) is 3.51. The quantitative estimate of drug-likeness (QED) is 0.651. The summed E-state index contributed by atoms with van der Waals surface area (Å²) in [6.45, 7) is 0. The fraction of sp³-hybridized carbons (Fsp3) is 0.154. The maximum Gasteiger partial charge on any atom is 0.449 e. The molecule has 2 aromatic heterocycles. The number of aromatic nitrogens is 4. The molecular formula is C13H5ClF6N4O. The zero-order valence-electron chi connectivity index (χ0n) is 11.7. The summed E-state index contributed by atoms with van der Waals surface area (Å²) in [5.74, 6) is -1.56. The largest absolute Gasteiger partial charge is 0.449 e. The van der Waals surface area contributed by atoms with E-state index in [1.807, 2.05) is 0 Å². The minimum atomic E-state index is -4.92. The first-order valence-corrected chi connectivity index (χ1v) is 6.78. The molecular weight excluding hydrogens is 378 g/mol. The topological polar surface area (TPSA) is 63.6 Å². The third-order valence-electron chi connectivity index (χ3n) is 3.21. The van der Waals surface area contributed by atoms with E-state index in [9.17, 15) is 31.1 Å². The zero-order chi connectivity index (χ0) is 18.6. The van der Waals surface area contributed by atoms with Gasteiger partial charge in [-0.3, -0.25) is 4.79 Å². The van der Waals surface area contributed by atoms with Crippen LogP contribution in [0.2, 0.25) is 5.02 Å². The van der Waals surface area contributed by atoms with E-state index in [4.69, 9.17) is 11.6 Å². The first kappa shape index (κ1) is 17.3. The van der Waals surface area contributed by atoms with Crippen molar-refractivity contribution in [3.05, 3.63) is 51.2 Å². The fourth-order valence-electron chi connectivity index (χ4n) is 2.08. The van der Waals surface area contributed by atoms with Gasteiger partial charge in [-0.1, -0.05) is 11.6 Å². The molecule has 25 heavy (non-hydrogen) atoms. The lowest BCUT2D eigenvalue weighted by atomic mass is 10.2. The molecule has 0 radical (unpaired) electrons. The molecule has 0 saturated heterocycles. The summed E-state index contributed by atoms with van der Waals surface area (Å²) in [6.07, 6.45) is -8.63. The van der Waals surface area contributed by atoms with Crippen LogP contribution in [0.1, 0.15) is 11.4 Å². The standard InChI is InChI=1S/C13H5ClF6N4O/c14-7-3-5(12(15,16)17)1-2-8(7)24-9-6(4-21-24)10(25)23-11(22-9)13(18,19)20/h1-4H,(H,22,23,25). The van der Waals surface area contributed by atoms with E-state index in [2.05, 4.69) is 10.1 Å². The summed E-state index contributed by atoms with van der Waals surface area (Å²) in [5, 5.41) is 3.01. The molecule has 0 spiro atoms. The van der Waals surface area contributed by atoms with Gasteiger partial charge in [0.1, 0.15) is 5.39 Å². The minimum absolute atomic E-state index is 0.157. The molecule has 0 aliphatic heterocycles. The second kappa shape index (κ2) is 5.48. The van der Waals surface area contributed by atoms with Crippen LogP contribution in [0.15, 0.2) is 29.2 Å². The van der Waals surface area contributed by atoms with Crippen molar-refractivity contribution >= 4 is 22.6 Å². The molecule has 0 atom stereocenters. The molecule has 0 saturated carbocycles. The second-order valence-corrected chi connectivity index (χ2v) is 5.28. The molecule has 2 heterocycles. The average molecular weight is 383 g/mol. The number of hydrogen-bond acceptors (Lipinski definition) is 3. The number of aromatic amines is 1. The van der Waals surface area contributed by atoms with Crippen LogP contribution in [0, 0.1) is 0 Å². The lowest BCUT2D eigenvalue weighted by molar-refractivity contribution is -0.145. The van der Waals surface area contributed by atoms with E-state index < -0.39 is 40.0 Å². The van der Waals surface area contributed by atoms with Gasteiger partial charge >= 0.3 is 12.4 Å².